The Kier molecular flexibility index (Phi) is 4.75. The Morgan fingerprint density at radius 3 is 3.00 bits per heavy atom. The molecule has 1 aliphatic heterocycles. The van der Waals surface area contributed by atoms with Crippen LogP contribution in [0.5, 0.6) is 5.75 Å². The predicted molar refractivity (Wildman–Crippen MR) is 80.9 cm³/mol. The molecule has 0 aliphatic carbocycles. The summed E-state index contributed by atoms with van der Waals surface area (Å²) in [5.41, 5.74) is 0.858. The minimum absolute atomic E-state index is 0.0701. The SMILES string of the molecule is Cc1ccc(F)c(OCC(=O)N2CCO[C@H](c3nnc(C)o3)C2)c1. The van der Waals surface area contributed by atoms with Gasteiger partial charge in [-0.3, -0.25) is 4.79 Å². The molecule has 0 N–H and O–H groups in total. The molecule has 1 atom stereocenters. The Morgan fingerprint density at radius 1 is 1.42 bits per heavy atom. The Bertz CT molecular complexity index is 734. The molecule has 0 radical (unpaired) electrons. The number of aryl methyl sites for hydroxylation is 2. The van der Waals surface area contributed by atoms with Crippen molar-refractivity contribution in [2.45, 2.75) is 20.0 Å². The molecule has 128 valence electrons. The van der Waals surface area contributed by atoms with Crippen LogP contribution in [0.3, 0.4) is 0 Å². The molecule has 7 nitrogen and oxygen atoms in total. The van der Waals surface area contributed by atoms with E-state index in [4.69, 9.17) is 13.9 Å². The van der Waals surface area contributed by atoms with E-state index >= 15 is 0 Å². The first kappa shape index (κ1) is 16.4. The summed E-state index contributed by atoms with van der Waals surface area (Å²) >= 11 is 0. The number of benzene rings is 1. The molecule has 0 unspecified atom stereocenters. The molecule has 0 bridgehead atoms. The summed E-state index contributed by atoms with van der Waals surface area (Å²) in [6.07, 6.45) is -0.459. The highest BCUT2D eigenvalue weighted by molar-refractivity contribution is 5.78. The summed E-state index contributed by atoms with van der Waals surface area (Å²) in [5.74, 6) is 0.113. The topological polar surface area (TPSA) is 77.7 Å². The highest BCUT2D eigenvalue weighted by Gasteiger charge is 2.29. The minimum atomic E-state index is -0.491. The van der Waals surface area contributed by atoms with Gasteiger partial charge in [0.05, 0.1) is 13.2 Å². The molecular weight excluding hydrogens is 317 g/mol. The van der Waals surface area contributed by atoms with Crippen molar-refractivity contribution in [3.8, 4) is 5.75 Å². The number of rotatable bonds is 4. The fraction of sp³-hybridized carbons (Fsp3) is 0.438. The first-order valence-corrected chi connectivity index (χ1v) is 7.61. The third-order valence-electron chi connectivity index (χ3n) is 3.67. The minimum Gasteiger partial charge on any atom is -0.481 e. The van der Waals surface area contributed by atoms with E-state index in [1.807, 2.05) is 6.92 Å². The van der Waals surface area contributed by atoms with E-state index in [0.717, 1.165) is 5.56 Å². The Hall–Kier alpha value is -2.48. The molecule has 24 heavy (non-hydrogen) atoms. The number of hydrogen-bond donors (Lipinski definition) is 0. The van der Waals surface area contributed by atoms with Crippen molar-refractivity contribution in [1.82, 2.24) is 15.1 Å². The van der Waals surface area contributed by atoms with E-state index < -0.39 is 11.9 Å². The van der Waals surface area contributed by atoms with Crippen LogP contribution in [0.4, 0.5) is 4.39 Å². The van der Waals surface area contributed by atoms with Gasteiger partial charge in [0.15, 0.2) is 24.3 Å². The van der Waals surface area contributed by atoms with Crippen LogP contribution in [0.25, 0.3) is 0 Å². The monoisotopic (exact) mass is 335 g/mol. The van der Waals surface area contributed by atoms with Gasteiger partial charge in [-0.15, -0.1) is 10.2 Å². The van der Waals surface area contributed by atoms with E-state index in [2.05, 4.69) is 10.2 Å². The number of nitrogens with zero attached hydrogens (tertiary/aromatic N) is 3. The molecular formula is C16H18FN3O4. The van der Waals surface area contributed by atoms with Gasteiger partial charge in [-0.05, 0) is 24.6 Å². The summed E-state index contributed by atoms with van der Waals surface area (Å²) in [7, 11) is 0. The maximum atomic E-state index is 13.7. The molecule has 1 saturated heterocycles. The lowest BCUT2D eigenvalue weighted by Gasteiger charge is -2.31. The van der Waals surface area contributed by atoms with E-state index in [1.165, 1.54) is 6.07 Å². The standard InChI is InChI=1S/C16H18FN3O4/c1-10-3-4-12(17)13(7-10)23-9-15(21)20-5-6-22-14(8-20)16-19-18-11(2)24-16/h3-4,7,14H,5-6,8-9H2,1-2H3/t14-/m0/s1. The van der Waals surface area contributed by atoms with E-state index in [9.17, 15) is 9.18 Å². The lowest BCUT2D eigenvalue weighted by atomic mass is 10.2. The van der Waals surface area contributed by atoms with E-state index in [-0.39, 0.29) is 18.3 Å². The molecule has 1 aromatic heterocycles. The third-order valence-corrected chi connectivity index (χ3v) is 3.67. The Morgan fingerprint density at radius 2 is 2.25 bits per heavy atom. The molecule has 0 spiro atoms. The Labute approximate surface area is 138 Å². The average molecular weight is 335 g/mol. The van der Waals surface area contributed by atoms with Crippen LogP contribution in [-0.2, 0) is 9.53 Å². The summed E-state index contributed by atoms with van der Waals surface area (Å²) < 4.78 is 29.9. The molecule has 1 amide bonds. The first-order chi connectivity index (χ1) is 11.5. The van der Waals surface area contributed by atoms with Gasteiger partial charge in [0, 0.05) is 13.5 Å². The van der Waals surface area contributed by atoms with Gasteiger partial charge in [-0.1, -0.05) is 6.07 Å². The lowest BCUT2D eigenvalue weighted by molar-refractivity contribution is -0.142. The summed E-state index contributed by atoms with van der Waals surface area (Å²) in [5, 5.41) is 7.68. The van der Waals surface area contributed by atoms with Crippen LogP contribution >= 0.6 is 0 Å². The molecule has 2 heterocycles. The zero-order valence-corrected chi connectivity index (χ0v) is 13.5. The van der Waals surface area contributed by atoms with Gasteiger partial charge in [-0.25, -0.2) is 4.39 Å². The number of halogens is 1. The molecule has 2 aromatic rings. The number of ether oxygens (including phenoxy) is 2. The summed E-state index contributed by atoms with van der Waals surface area (Å²) in [6, 6.07) is 4.52. The lowest BCUT2D eigenvalue weighted by Crippen LogP contribution is -2.44. The molecule has 1 aromatic carbocycles. The molecule has 1 fully saturated rings. The van der Waals surface area contributed by atoms with E-state index in [0.29, 0.717) is 31.5 Å². The van der Waals surface area contributed by atoms with Crippen molar-refractivity contribution in [3.05, 3.63) is 41.4 Å². The van der Waals surface area contributed by atoms with Crippen molar-refractivity contribution < 1.29 is 23.1 Å². The van der Waals surface area contributed by atoms with Gasteiger partial charge >= 0.3 is 0 Å². The van der Waals surface area contributed by atoms with Gasteiger partial charge in [0.1, 0.15) is 0 Å². The normalized spacial score (nSPS) is 17.8. The third kappa shape index (κ3) is 3.70. The fourth-order valence-electron chi connectivity index (χ4n) is 2.42. The number of morpholine rings is 1. The summed E-state index contributed by atoms with van der Waals surface area (Å²) in [4.78, 5) is 13.9. The fourth-order valence-corrected chi connectivity index (χ4v) is 2.42. The van der Waals surface area contributed by atoms with E-state index in [1.54, 1.807) is 24.0 Å². The second-order valence-corrected chi connectivity index (χ2v) is 5.58. The smallest absolute Gasteiger partial charge is 0.260 e. The molecule has 1 aliphatic rings. The van der Waals surface area contributed by atoms with Crippen LogP contribution in [0.15, 0.2) is 22.6 Å². The molecule has 3 rings (SSSR count). The van der Waals surface area contributed by atoms with Gasteiger partial charge in [-0.2, -0.15) is 0 Å². The van der Waals surface area contributed by atoms with Crippen molar-refractivity contribution in [1.29, 1.82) is 0 Å². The van der Waals surface area contributed by atoms with Crippen molar-refractivity contribution >= 4 is 5.91 Å². The van der Waals surface area contributed by atoms with Crippen LogP contribution < -0.4 is 4.74 Å². The maximum absolute atomic E-state index is 13.7. The van der Waals surface area contributed by atoms with Gasteiger partial charge in [0.2, 0.25) is 11.8 Å². The zero-order valence-electron chi connectivity index (χ0n) is 13.5. The van der Waals surface area contributed by atoms with Crippen molar-refractivity contribution in [2.75, 3.05) is 26.3 Å². The Balaban J connectivity index is 1.59. The quantitative estimate of drug-likeness (QED) is 0.848. The number of carbonyl (C=O) groups is 1. The number of aromatic nitrogens is 2. The number of carbonyl (C=O) groups excluding carboxylic acids is 1. The van der Waals surface area contributed by atoms with Crippen LogP contribution in [-0.4, -0.2) is 47.3 Å². The summed E-state index contributed by atoms with van der Waals surface area (Å²) in [6.45, 7) is 4.36. The maximum Gasteiger partial charge on any atom is 0.260 e. The largest absolute Gasteiger partial charge is 0.481 e. The van der Waals surface area contributed by atoms with Gasteiger partial charge < -0.3 is 18.8 Å². The second kappa shape index (κ2) is 6.96. The van der Waals surface area contributed by atoms with Crippen LogP contribution in [0.1, 0.15) is 23.4 Å². The van der Waals surface area contributed by atoms with Gasteiger partial charge in [0.25, 0.3) is 5.91 Å². The number of amides is 1. The highest BCUT2D eigenvalue weighted by Crippen LogP contribution is 2.22. The average Bonchev–Trinajstić information content (AvgIpc) is 3.02. The van der Waals surface area contributed by atoms with Crippen LogP contribution in [0, 0.1) is 19.7 Å². The first-order valence-electron chi connectivity index (χ1n) is 7.61. The number of hydrogen-bond acceptors (Lipinski definition) is 6. The zero-order chi connectivity index (χ0) is 17.1. The van der Waals surface area contributed by atoms with Crippen molar-refractivity contribution in [2.24, 2.45) is 0 Å². The highest BCUT2D eigenvalue weighted by atomic mass is 19.1. The molecule has 8 heteroatoms. The van der Waals surface area contributed by atoms with Crippen LogP contribution in [0.2, 0.25) is 0 Å². The van der Waals surface area contributed by atoms with Crippen molar-refractivity contribution in [3.63, 3.8) is 0 Å². The second-order valence-electron chi connectivity index (χ2n) is 5.58. The predicted octanol–water partition coefficient (Wildman–Crippen LogP) is 1.80. The molecule has 0 saturated carbocycles.